The number of amides is 1. The van der Waals surface area contributed by atoms with Crippen molar-refractivity contribution in [1.29, 1.82) is 0 Å². The average molecular weight is 487 g/mol. The van der Waals surface area contributed by atoms with Gasteiger partial charge in [0.1, 0.15) is 11.6 Å². The van der Waals surface area contributed by atoms with Crippen LogP contribution in [0.3, 0.4) is 0 Å². The van der Waals surface area contributed by atoms with Crippen molar-refractivity contribution < 1.29 is 9.53 Å². The van der Waals surface area contributed by atoms with Crippen molar-refractivity contribution in [3.63, 3.8) is 0 Å². The van der Waals surface area contributed by atoms with Crippen LogP contribution in [0.5, 0.6) is 5.75 Å². The summed E-state index contributed by atoms with van der Waals surface area (Å²) in [6, 6.07) is 17.9. The van der Waals surface area contributed by atoms with E-state index in [9.17, 15) is 4.79 Å². The summed E-state index contributed by atoms with van der Waals surface area (Å²) in [5, 5.41) is 0. The van der Waals surface area contributed by atoms with Gasteiger partial charge in [0.25, 0.3) is 5.91 Å². The van der Waals surface area contributed by atoms with E-state index in [1.54, 1.807) is 13.2 Å². The Balaban J connectivity index is 1.36. The zero-order valence-electron chi connectivity index (χ0n) is 21.4. The number of carbonyl (C=O) groups is 1. The molecule has 0 N–H and O–H groups in total. The minimum Gasteiger partial charge on any atom is -0.497 e. The molecular formula is C28H34N6O2. The minimum atomic E-state index is 0.00534. The van der Waals surface area contributed by atoms with Crippen molar-refractivity contribution >= 4 is 23.4 Å². The highest BCUT2D eigenvalue weighted by molar-refractivity contribution is 5.94. The fraction of sp³-hybridized carbons (Fsp3) is 0.393. The standard InChI is InChI=1S/C28H34N6O2/c1-4-31(2)26-24-20-34(27(35)21-9-8-12-23(19-21)36-3)14-13-25(24)29-28(30-26)33-17-15-32(16-18-33)22-10-6-5-7-11-22/h5-12,19H,4,13-18,20H2,1-3H3. The number of nitrogens with zero attached hydrogens (tertiary/aromatic N) is 6. The summed E-state index contributed by atoms with van der Waals surface area (Å²) < 4.78 is 5.31. The number of anilines is 3. The SMILES string of the molecule is CCN(C)c1nc(N2CCN(c3ccccc3)CC2)nc2c1CN(C(=O)c1cccc(OC)c1)CC2. The molecule has 0 aliphatic carbocycles. The van der Waals surface area contributed by atoms with Gasteiger partial charge < -0.3 is 24.3 Å². The Morgan fingerprint density at radius 3 is 2.44 bits per heavy atom. The number of hydrogen-bond acceptors (Lipinski definition) is 7. The number of benzene rings is 2. The van der Waals surface area contributed by atoms with Gasteiger partial charge in [-0.3, -0.25) is 4.79 Å². The van der Waals surface area contributed by atoms with Gasteiger partial charge in [-0.1, -0.05) is 24.3 Å². The maximum Gasteiger partial charge on any atom is 0.254 e. The van der Waals surface area contributed by atoms with Gasteiger partial charge in [0.15, 0.2) is 0 Å². The first-order chi connectivity index (χ1) is 17.6. The highest BCUT2D eigenvalue weighted by Crippen LogP contribution is 2.30. The van der Waals surface area contributed by atoms with Gasteiger partial charge in [-0.05, 0) is 37.3 Å². The normalized spacial score (nSPS) is 15.5. The molecule has 188 valence electrons. The second kappa shape index (κ2) is 10.4. The van der Waals surface area contributed by atoms with Crippen molar-refractivity contribution in [2.75, 3.05) is 68.1 Å². The van der Waals surface area contributed by atoms with E-state index in [1.165, 1.54) is 5.69 Å². The van der Waals surface area contributed by atoms with Crippen LogP contribution in [-0.2, 0) is 13.0 Å². The number of para-hydroxylation sites is 1. The summed E-state index contributed by atoms with van der Waals surface area (Å²) in [5.74, 6) is 2.41. The summed E-state index contributed by atoms with van der Waals surface area (Å²) >= 11 is 0. The van der Waals surface area contributed by atoms with Crippen molar-refractivity contribution in [2.24, 2.45) is 0 Å². The van der Waals surface area contributed by atoms with Crippen LogP contribution in [-0.4, -0.2) is 74.2 Å². The van der Waals surface area contributed by atoms with Gasteiger partial charge in [0, 0.05) is 69.6 Å². The third-order valence-corrected chi connectivity index (χ3v) is 7.15. The van der Waals surface area contributed by atoms with Crippen LogP contribution in [0.15, 0.2) is 54.6 Å². The van der Waals surface area contributed by atoms with Crippen LogP contribution in [0.4, 0.5) is 17.5 Å². The van der Waals surface area contributed by atoms with Crippen molar-refractivity contribution in [3.05, 3.63) is 71.4 Å². The Kier molecular flexibility index (Phi) is 6.93. The molecular weight excluding hydrogens is 452 g/mol. The van der Waals surface area contributed by atoms with Crippen LogP contribution >= 0.6 is 0 Å². The quantitative estimate of drug-likeness (QED) is 0.529. The van der Waals surface area contributed by atoms with Gasteiger partial charge in [0.2, 0.25) is 5.95 Å². The fourth-order valence-corrected chi connectivity index (χ4v) is 4.91. The Labute approximate surface area is 213 Å². The fourth-order valence-electron chi connectivity index (χ4n) is 4.91. The number of piperazine rings is 1. The molecule has 2 aromatic carbocycles. The van der Waals surface area contributed by atoms with E-state index in [-0.39, 0.29) is 5.91 Å². The summed E-state index contributed by atoms with van der Waals surface area (Å²) in [7, 11) is 3.67. The lowest BCUT2D eigenvalue weighted by Gasteiger charge is -2.37. The van der Waals surface area contributed by atoms with Crippen LogP contribution in [0.1, 0.15) is 28.5 Å². The smallest absolute Gasteiger partial charge is 0.254 e. The molecule has 1 aromatic heterocycles. The number of aromatic nitrogens is 2. The summed E-state index contributed by atoms with van der Waals surface area (Å²) in [5.41, 5.74) is 4.00. The number of carbonyl (C=O) groups excluding carboxylic acids is 1. The molecule has 2 aliphatic heterocycles. The highest BCUT2D eigenvalue weighted by atomic mass is 16.5. The summed E-state index contributed by atoms with van der Waals surface area (Å²) in [6.45, 7) is 7.72. The van der Waals surface area contributed by atoms with E-state index < -0.39 is 0 Å². The van der Waals surface area contributed by atoms with Crippen molar-refractivity contribution in [1.82, 2.24) is 14.9 Å². The predicted octanol–water partition coefficient (Wildman–Crippen LogP) is 3.47. The molecule has 1 amide bonds. The van der Waals surface area contributed by atoms with Crippen LogP contribution in [0.2, 0.25) is 0 Å². The molecule has 0 atom stereocenters. The van der Waals surface area contributed by atoms with E-state index >= 15 is 0 Å². The van der Waals surface area contributed by atoms with Gasteiger partial charge in [-0.2, -0.15) is 4.98 Å². The van der Waals surface area contributed by atoms with Gasteiger partial charge in [-0.25, -0.2) is 4.98 Å². The van der Waals surface area contributed by atoms with E-state index in [4.69, 9.17) is 14.7 Å². The second-order valence-corrected chi connectivity index (χ2v) is 9.30. The third kappa shape index (κ3) is 4.80. The lowest BCUT2D eigenvalue weighted by atomic mass is 10.0. The molecule has 2 aliphatic rings. The Hall–Kier alpha value is -3.81. The van der Waals surface area contributed by atoms with E-state index in [0.29, 0.717) is 24.4 Å². The highest BCUT2D eigenvalue weighted by Gasteiger charge is 2.29. The number of ether oxygens (including phenoxy) is 1. The number of rotatable bonds is 6. The Morgan fingerprint density at radius 2 is 1.72 bits per heavy atom. The maximum atomic E-state index is 13.3. The third-order valence-electron chi connectivity index (χ3n) is 7.15. The van der Waals surface area contributed by atoms with Gasteiger partial charge >= 0.3 is 0 Å². The number of methoxy groups -OCH3 is 1. The van der Waals surface area contributed by atoms with Crippen molar-refractivity contribution in [2.45, 2.75) is 19.9 Å². The molecule has 36 heavy (non-hydrogen) atoms. The Bertz CT molecular complexity index is 1210. The molecule has 8 heteroatoms. The van der Waals surface area contributed by atoms with E-state index in [1.807, 2.05) is 23.1 Å². The molecule has 8 nitrogen and oxygen atoms in total. The molecule has 3 heterocycles. The van der Waals surface area contributed by atoms with E-state index in [2.05, 4.69) is 59.0 Å². The zero-order valence-corrected chi connectivity index (χ0v) is 21.4. The lowest BCUT2D eigenvalue weighted by molar-refractivity contribution is 0.0733. The first-order valence-corrected chi connectivity index (χ1v) is 12.7. The molecule has 0 spiro atoms. The maximum absolute atomic E-state index is 13.3. The minimum absolute atomic E-state index is 0.00534. The molecule has 0 radical (unpaired) electrons. The monoisotopic (exact) mass is 486 g/mol. The average Bonchev–Trinajstić information content (AvgIpc) is 2.96. The molecule has 0 unspecified atom stereocenters. The lowest BCUT2D eigenvalue weighted by Crippen LogP contribution is -2.47. The zero-order chi connectivity index (χ0) is 25.1. The predicted molar refractivity (Wildman–Crippen MR) is 143 cm³/mol. The summed E-state index contributed by atoms with van der Waals surface area (Å²) in [6.07, 6.45) is 0.717. The molecule has 1 saturated heterocycles. The largest absolute Gasteiger partial charge is 0.497 e. The first kappa shape index (κ1) is 23.9. The van der Waals surface area contributed by atoms with Crippen LogP contribution in [0, 0.1) is 0 Å². The van der Waals surface area contributed by atoms with Gasteiger partial charge in [-0.15, -0.1) is 0 Å². The molecule has 0 saturated carbocycles. The van der Waals surface area contributed by atoms with E-state index in [0.717, 1.165) is 62.2 Å². The summed E-state index contributed by atoms with van der Waals surface area (Å²) in [4.78, 5) is 32.1. The second-order valence-electron chi connectivity index (χ2n) is 9.30. The van der Waals surface area contributed by atoms with Crippen LogP contribution < -0.4 is 19.4 Å². The molecule has 3 aromatic rings. The number of hydrogen-bond donors (Lipinski definition) is 0. The first-order valence-electron chi connectivity index (χ1n) is 12.7. The molecule has 5 rings (SSSR count). The van der Waals surface area contributed by atoms with Gasteiger partial charge in [0.05, 0.1) is 19.3 Å². The number of fused-ring (bicyclic) bond motifs is 1. The Morgan fingerprint density at radius 1 is 0.972 bits per heavy atom. The van der Waals surface area contributed by atoms with Crippen molar-refractivity contribution in [3.8, 4) is 5.75 Å². The molecule has 1 fully saturated rings. The van der Waals surface area contributed by atoms with Crippen LogP contribution in [0.25, 0.3) is 0 Å². The molecule has 0 bridgehead atoms. The topological polar surface area (TPSA) is 65.0 Å².